The molecule has 0 heterocycles. The van der Waals surface area contributed by atoms with E-state index in [9.17, 15) is 9.90 Å². The fraction of sp³-hybridized carbons (Fsp3) is 0.588. The molecular weight excluding hydrogens is 314 g/mol. The van der Waals surface area contributed by atoms with Gasteiger partial charge in [-0.2, -0.15) is 0 Å². The first kappa shape index (κ1) is 19.7. The Morgan fingerprint density at radius 3 is 2.35 bits per heavy atom. The van der Waals surface area contributed by atoms with Crippen molar-refractivity contribution in [1.82, 2.24) is 5.32 Å². The Balaban J connectivity index is 2.63. The quantitative estimate of drug-likeness (QED) is 0.547. The summed E-state index contributed by atoms with van der Waals surface area (Å²) in [4.78, 5) is 12.2. The Morgan fingerprint density at radius 1 is 1.30 bits per heavy atom. The molecule has 1 amide bonds. The van der Waals surface area contributed by atoms with Gasteiger partial charge in [-0.15, -0.1) is 0 Å². The van der Waals surface area contributed by atoms with Crippen LogP contribution in [0.15, 0.2) is 24.3 Å². The fourth-order valence-electron chi connectivity index (χ4n) is 2.45. The number of carbonyl (C=O) groups is 1. The van der Waals surface area contributed by atoms with Crippen LogP contribution in [0.4, 0.5) is 5.69 Å². The van der Waals surface area contributed by atoms with Crippen molar-refractivity contribution in [3.05, 3.63) is 29.3 Å². The summed E-state index contributed by atoms with van der Waals surface area (Å²) < 4.78 is 0. The number of benzene rings is 1. The Hall–Kier alpha value is -1.30. The molecule has 1 aromatic rings. The van der Waals surface area contributed by atoms with Gasteiger partial charge in [0.25, 0.3) is 5.91 Å². The molecule has 0 fully saturated rings. The minimum Gasteiger partial charge on any atom is -0.366 e. The van der Waals surface area contributed by atoms with Crippen LogP contribution in [-0.2, 0) is 4.79 Å². The van der Waals surface area contributed by atoms with Gasteiger partial charge >= 0.3 is 0 Å². The molecule has 6 heteroatoms. The van der Waals surface area contributed by atoms with Gasteiger partial charge in [0, 0.05) is 22.3 Å². The van der Waals surface area contributed by atoms with Gasteiger partial charge < -0.3 is 21.5 Å². The summed E-state index contributed by atoms with van der Waals surface area (Å²) in [6.45, 7) is 8.03. The van der Waals surface area contributed by atoms with E-state index in [2.05, 4.69) is 24.5 Å². The zero-order valence-corrected chi connectivity index (χ0v) is 15.0. The number of aliphatic hydroxyl groups excluding tert-OH is 1. The number of anilines is 1. The molecule has 0 saturated heterocycles. The van der Waals surface area contributed by atoms with Gasteiger partial charge in [-0.05, 0) is 56.9 Å². The summed E-state index contributed by atoms with van der Waals surface area (Å²) in [6, 6.07) is 6.70. The van der Waals surface area contributed by atoms with E-state index in [1.54, 1.807) is 24.3 Å². The van der Waals surface area contributed by atoms with Crippen molar-refractivity contribution < 1.29 is 9.90 Å². The molecular formula is C17H28ClN3O2. The van der Waals surface area contributed by atoms with Crippen LogP contribution in [-0.4, -0.2) is 28.8 Å². The first-order valence-corrected chi connectivity index (χ1v) is 8.24. The van der Waals surface area contributed by atoms with Crippen molar-refractivity contribution in [2.24, 2.45) is 11.7 Å². The lowest BCUT2D eigenvalue weighted by atomic mass is 9.91. The minimum absolute atomic E-state index is 0.0795. The topological polar surface area (TPSA) is 87.4 Å². The molecule has 2 atom stereocenters. The maximum atomic E-state index is 12.2. The van der Waals surface area contributed by atoms with Gasteiger partial charge in [-0.25, -0.2) is 0 Å². The van der Waals surface area contributed by atoms with Gasteiger partial charge in [0.2, 0.25) is 6.23 Å². The SMILES string of the molecule is CC(C)CC(CC(C)(C)N)NC(=O)C(O)Nc1ccc(Cl)cc1. The van der Waals surface area contributed by atoms with E-state index in [0.717, 1.165) is 6.42 Å². The number of carbonyl (C=O) groups excluding carboxylic acids is 1. The van der Waals surface area contributed by atoms with Crippen LogP contribution < -0.4 is 16.4 Å². The number of rotatable bonds is 8. The number of halogens is 1. The number of nitrogens with one attached hydrogen (secondary N) is 2. The second kappa shape index (κ2) is 8.52. The first-order chi connectivity index (χ1) is 10.6. The average molecular weight is 342 g/mol. The highest BCUT2D eigenvalue weighted by Crippen LogP contribution is 2.16. The maximum Gasteiger partial charge on any atom is 0.270 e. The highest BCUT2D eigenvalue weighted by molar-refractivity contribution is 6.30. The minimum atomic E-state index is -1.33. The van der Waals surface area contributed by atoms with Crippen LogP contribution in [0.5, 0.6) is 0 Å². The van der Waals surface area contributed by atoms with E-state index in [1.165, 1.54) is 0 Å². The molecule has 0 aliphatic rings. The summed E-state index contributed by atoms with van der Waals surface area (Å²) in [6.07, 6.45) is 0.122. The lowest BCUT2D eigenvalue weighted by Gasteiger charge is -2.29. The molecule has 0 aliphatic heterocycles. The maximum absolute atomic E-state index is 12.2. The van der Waals surface area contributed by atoms with E-state index in [1.807, 2.05) is 13.8 Å². The molecule has 23 heavy (non-hydrogen) atoms. The molecule has 130 valence electrons. The van der Waals surface area contributed by atoms with E-state index in [-0.39, 0.29) is 11.6 Å². The van der Waals surface area contributed by atoms with Crippen LogP contribution >= 0.6 is 11.6 Å². The lowest BCUT2D eigenvalue weighted by molar-refractivity contribution is -0.128. The zero-order chi connectivity index (χ0) is 17.6. The number of hydrogen-bond donors (Lipinski definition) is 4. The van der Waals surface area contributed by atoms with Gasteiger partial charge in [0.05, 0.1) is 0 Å². The highest BCUT2D eigenvalue weighted by Gasteiger charge is 2.24. The largest absolute Gasteiger partial charge is 0.366 e. The number of amides is 1. The third kappa shape index (κ3) is 8.21. The predicted octanol–water partition coefficient (Wildman–Crippen LogP) is 2.73. The van der Waals surface area contributed by atoms with Crippen molar-refractivity contribution in [1.29, 1.82) is 0 Å². The standard InChI is InChI=1S/C17H28ClN3O2/c1-11(2)9-14(10-17(3,4)19)21-16(23)15(22)20-13-7-5-12(18)6-8-13/h5-8,11,14-15,20,22H,9-10,19H2,1-4H3,(H,21,23). The Labute approximate surface area is 143 Å². The van der Waals surface area contributed by atoms with E-state index in [4.69, 9.17) is 17.3 Å². The molecule has 0 aromatic heterocycles. The summed E-state index contributed by atoms with van der Waals surface area (Å²) in [5.41, 5.74) is 6.29. The Kier molecular flexibility index (Phi) is 7.32. The summed E-state index contributed by atoms with van der Waals surface area (Å²) in [5.74, 6) is -0.0427. The summed E-state index contributed by atoms with van der Waals surface area (Å²) >= 11 is 5.81. The molecule has 0 radical (unpaired) electrons. The molecule has 2 unspecified atom stereocenters. The van der Waals surface area contributed by atoms with Crippen molar-refractivity contribution in [2.45, 2.75) is 58.3 Å². The van der Waals surface area contributed by atoms with Gasteiger partial charge in [-0.1, -0.05) is 25.4 Å². The molecule has 0 aliphatic carbocycles. The Morgan fingerprint density at radius 2 is 1.87 bits per heavy atom. The first-order valence-electron chi connectivity index (χ1n) is 7.86. The van der Waals surface area contributed by atoms with Crippen molar-refractivity contribution in [2.75, 3.05) is 5.32 Å². The highest BCUT2D eigenvalue weighted by atomic mass is 35.5. The zero-order valence-electron chi connectivity index (χ0n) is 14.3. The smallest absolute Gasteiger partial charge is 0.270 e. The normalized spacial score (nSPS) is 14.4. The van der Waals surface area contributed by atoms with Gasteiger partial charge in [-0.3, -0.25) is 4.79 Å². The van der Waals surface area contributed by atoms with Crippen LogP contribution in [0, 0.1) is 5.92 Å². The van der Waals surface area contributed by atoms with E-state index >= 15 is 0 Å². The molecule has 0 bridgehead atoms. The van der Waals surface area contributed by atoms with Crippen LogP contribution in [0.25, 0.3) is 0 Å². The molecule has 0 saturated carbocycles. The van der Waals surface area contributed by atoms with Crippen LogP contribution in [0.2, 0.25) is 5.02 Å². The number of nitrogens with two attached hydrogens (primary N) is 1. The summed E-state index contributed by atoms with van der Waals surface area (Å²) in [7, 11) is 0. The molecule has 1 rings (SSSR count). The molecule has 5 nitrogen and oxygen atoms in total. The lowest BCUT2D eigenvalue weighted by Crippen LogP contribution is -2.49. The fourth-order valence-corrected chi connectivity index (χ4v) is 2.57. The van der Waals surface area contributed by atoms with Crippen LogP contribution in [0.3, 0.4) is 0 Å². The van der Waals surface area contributed by atoms with Gasteiger partial charge in [0.1, 0.15) is 0 Å². The number of hydrogen-bond acceptors (Lipinski definition) is 4. The van der Waals surface area contributed by atoms with Crippen molar-refractivity contribution >= 4 is 23.2 Å². The summed E-state index contributed by atoms with van der Waals surface area (Å²) in [5, 5.41) is 16.3. The van der Waals surface area contributed by atoms with Gasteiger partial charge in [0.15, 0.2) is 0 Å². The third-order valence-corrected chi connectivity index (χ3v) is 3.52. The average Bonchev–Trinajstić information content (AvgIpc) is 2.38. The third-order valence-electron chi connectivity index (χ3n) is 3.27. The van der Waals surface area contributed by atoms with E-state index in [0.29, 0.717) is 23.0 Å². The number of aliphatic hydroxyl groups is 1. The molecule has 0 spiro atoms. The monoisotopic (exact) mass is 341 g/mol. The molecule has 5 N–H and O–H groups in total. The van der Waals surface area contributed by atoms with E-state index < -0.39 is 12.1 Å². The predicted molar refractivity (Wildman–Crippen MR) is 95.4 cm³/mol. The van der Waals surface area contributed by atoms with Crippen molar-refractivity contribution in [3.8, 4) is 0 Å². The molecule has 1 aromatic carbocycles. The second-order valence-corrected chi connectivity index (χ2v) is 7.52. The Bertz CT molecular complexity index is 498. The van der Waals surface area contributed by atoms with Crippen molar-refractivity contribution in [3.63, 3.8) is 0 Å². The van der Waals surface area contributed by atoms with Crippen LogP contribution in [0.1, 0.15) is 40.5 Å². The second-order valence-electron chi connectivity index (χ2n) is 7.08.